The predicted octanol–water partition coefficient (Wildman–Crippen LogP) is 2.03. The normalized spacial score (nSPS) is 10.7. The van der Waals surface area contributed by atoms with E-state index in [4.69, 9.17) is 5.11 Å². The van der Waals surface area contributed by atoms with Gasteiger partial charge in [0.25, 0.3) is 0 Å². The van der Waals surface area contributed by atoms with Gasteiger partial charge in [-0.1, -0.05) is 18.2 Å². The molecule has 3 aromatic rings. The molecular formula is C13H8N4O4. The Morgan fingerprint density at radius 2 is 2.05 bits per heavy atom. The Kier molecular flexibility index (Phi) is 2.83. The fourth-order valence-electron chi connectivity index (χ4n) is 2.05. The van der Waals surface area contributed by atoms with Crippen LogP contribution in [0.2, 0.25) is 0 Å². The van der Waals surface area contributed by atoms with Gasteiger partial charge >= 0.3 is 11.7 Å². The van der Waals surface area contributed by atoms with Gasteiger partial charge in [-0.3, -0.25) is 15.1 Å². The van der Waals surface area contributed by atoms with Gasteiger partial charge in [-0.25, -0.2) is 9.48 Å². The number of hydrogen-bond acceptors (Lipinski definition) is 5. The molecule has 8 heteroatoms. The maximum atomic E-state index is 11.0. The summed E-state index contributed by atoms with van der Waals surface area (Å²) in [6, 6.07) is 8.79. The second kappa shape index (κ2) is 4.67. The van der Waals surface area contributed by atoms with Gasteiger partial charge in [0.05, 0.1) is 16.1 Å². The minimum atomic E-state index is -1.45. The Bertz CT molecular complexity index is 835. The van der Waals surface area contributed by atoms with Gasteiger partial charge in [0.15, 0.2) is 0 Å². The van der Waals surface area contributed by atoms with E-state index in [2.05, 4.69) is 10.1 Å². The molecule has 0 saturated heterocycles. The zero-order valence-electron chi connectivity index (χ0n) is 10.5. The molecule has 0 amide bonds. The number of carboxylic acids is 1. The number of carbonyl (C=O) groups is 1. The average Bonchev–Trinajstić information content (AvgIpc) is 2.92. The third-order valence-corrected chi connectivity index (χ3v) is 2.97. The van der Waals surface area contributed by atoms with Crippen molar-refractivity contribution in [2.24, 2.45) is 0 Å². The maximum absolute atomic E-state index is 11.0. The van der Waals surface area contributed by atoms with Crippen molar-refractivity contribution in [1.82, 2.24) is 14.8 Å². The minimum absolute atomic E-state index is 0.524. The van der Waals surface area contributed by atoms with E-state index in [-0.39, 0.29) is 0 Å². The van der Waals surface area contributed by atoms with E-state index < -0.39 is 22.3 Å². The Labute approximate surface area is 117 Å². The number of para-hydroxylation sites is 1. The third kappa shape index (κ3) is 2.08. The van der Waals surface area contributed by atoms with Crippen LogP contribution < -0.4 is 0 Å². The van der Waals surface area contributed by atoms with E-state index in [1.54, 1.807) is 24.3 Å². The molecule has 0 aliphatic heterocycles. The second-order valence-electron chi connectivity index (χ2n) is 4.22. The summed E-state index contributed by atoms with van der Waals surface area (Å²) >= 11 is 0. The summed E-state index contributed by atoms with van der Waals surface area (Å²) in [7, 11) is 0. The van der Waals surface area contributed by atoms with E-state index in [0.717, 1.165) is 6.20 Å². The van der Waals surface area contributed by atoms with Gasteiger partial charge in [-0.2, -0.15) is 5.10 Å². The molecule has 0 unspecified atom stereocenters. The molecule has 104 valence electrons. The standard InChI is InChI=1S/C13H8N4O4/c18-13(19)12-11(17(20)21)7-16(15-12)10-5-6-14-9-4-2-1-3-8(9)10/h1-7H,(H,18,19). The molecule has 2 aromatic heterocycles. The highest BCUT2D eigenvalue weighted by atomic mass is 16.6. The van der Waals surface area contributed by atoms with Gasteiger partial charge in [-0.05, 0) is 12.1 Å². The van der Waals surface area contributed by atoms with Gasteiger partial charge in [0.1, 0.15) is 6.20 Å². The third-order valence-electron chi connectivity index (χ3n) is 2.97. The van der Waals surface area contributed by atoms with Crippen LogP contribution in [0.1, 0.15) is 10.5 Å². The van der Waals surface area contributed by atoms with Crippen LogP contribution in [0.3, 0.4) is 0 Å². The number of carboxylic acid groups (broad SMARTS) is 1. The Hall–Kier alpha value is -3.29. The molecule has 8 nitrogen and oxygen atoms in total. The number of fused-ring (bicyclic) bond motifs is 1. The number of aromatic carboxylic acids is 1. The second-order valence-corrected chi connectivity index (χ2v) is 4.22. The monoisotopic (exact) mass is 284 g/mol. The first-order valence-corrected chi connectivity index (χ1v) is 5.89. The first-order chi connectivity index (χ1) is 10.1. The molecule has 0 saturated carbocycles. The number of aromatic nitrogens is 3. The van der Waals surface area contributed by atoms with Crippen molar-refractivity contribution >= 4 is 22.6 Å². The molecule has 0 aliphatic rings. The van der Waals surface area contributed by atoms with Crippen LogP contribution in [0.5, 0.6) is 0 Å². The summed E-state index contributed by atoms with van der Waals surface area (Å²) < 4.78 is 1.19. The van der Waals surface area contributed by atoms with Crippen LogP contribution in [0.4, 0.5) is 5.69 Å². The lowest BCUT2D eigenvalue weighted by atomic mass is 10.2. The Morgan fingerprint density at radius 3 is 2.71 bits per heavy atom. The molecule has 3 rings (SSSR count). The van der Waals surface area contributed by atoms with Crippen molar-refractivity contribution < 1.29 is 14.8 Å². The quantitative estimate of drug-likeness (QED) is 0.581. The predicted molar refractivity (Wildman–Crippen MR) is 72.5 cm³/mol. The summed E-state index contributed by atoms with van der Waals surface area (Å²) in [5, 5.41) is 24.4. The van der Waals surface area contributed by atoms with E-state index in [1.165, 1.54) is 10.9 Å². The van der Waals surface area contributed by atoms with E-state index in [0.29, 0.717) is 16.6 Å². The van der Waals surface area contributed by atoms with Crippen LogP contribution in [-0.4, -0.2) is 30.8 Å². The van der Waals surface area contributed by atoms with E-state index >= 15 is 0 Å². The summed E-state index contributed by atoms with van der Waals surface area (Å²) in [6.07, 6.45) is 2.62. The Balaban J connectivity index is 2.26. The number of nitro groups is 1. The van der Waals surface area contributed by atoms with Crippen LogP contribution in [0.25, 0.3) is 16.6 Å². The molecule has 0 bridgehead atoms. The smallest absolute Gasteiger partial charge is 0.363 e. The molecule has 0 atom stereocenters. The first kappa shape index (κ1) is 12.7. The first-order valence-electron chi connectivity index (χ1n) is 5.89. The zero-order chi connectivity index (χ0) is 15.0. The summed E-state index contributed by atoms with van der Waals surface area (Å²) in [4.78, 5) is 25.4. The van der Waals surface area contributed by atoms with Crippen molar-refractivity contribution in [2.45, 2.75) is 0 Å². The van der Waals surface area contributed by atoms with Gasteiger partial charge in [0.2, 0.25) is 5.69 Å². The van der Waals surface area contributed by atoms with Crippen LogP contribution in [0, 0.1) is 10.1 Å². The molecule has 0 radical (unpaired) electrons. The fourth-order valence-corrected chi connectivity index (χ4v) is 2.05. The SMILES string of the molecule is O=C(O)c1nn(-c2ccnc3ccccc23)cc1[N+](=O)[O-]. The molecule has 0 fully saturated rings. The van der Waals surface area contributed by atoms with Crippen LogP contribution >= 0.6 is 0 Å². The number of hydrogen-bond donors (Lipinski definition) is 1. The topological polar surface area (TPSA) is 111 Å². The molecular weight excluding hydrogens is 276 g/mol. The molecule has 1 aromatic carbocycles. The van der Waals surface area contributed by atoms with Crippen molar-refractivity contribution in [3.8, 4) is 5.69 Å². The van der Waals surface area contributed by atoms with Crippen molar-refractivity contribution in [1.29, 1.82) is 0 Å². The van der Waals surface area contributed by atoms with E-state index in [9.17, 15) is 14.9 Å². The minimum Gasteiger partial charge on any atom is -0.476 e. The van der Waals surface area contributed by atoms with Gasteiger partial charge < -0.3 is 5.11 Å². The van der Waals surface area contributed by atoms with Crippen molar-refractivity contribution in [3.05, 3.63) is 58.5 Å². The molecule has 0 spiro atoms. The molecule has 0 aliphatic carbocycles. The maximum Gasteiger partial charge on any atom is 0.363 e. The van der Waals surface area contributed by atoms with Crippen LogP contribution in [0.15, 0.2) is 42.7 Å². The molecule has 2 heterocycles. The highest BCUT2D eigenvalue weighted by Gasteiger charge is 2.26. The lowest BCUT2D eigenvalue weighted by molar-refractivity contribution is -0.385. The van der Waals surface area contributed by atoms with Gasteiger partial charge in [0, 0.05) is 11.6 Å². The zero-order valence-corrected chi connectivity index (χ0v) is 10.5. The van der Waals surface area contributed by atoms with Gasteiger partial charge in [-0.15, -0.1) is 0 Å². The number of nitrogens with zero attached hydrogens (tertiary/aromatic N) is 4. The number of benzene rings is 1. The molecule has 21 heavy (non-hydrogen) atoms. The largest absolute Gasteiger partial charge is 0.476 e. The highest BCUT2D eigenvalue weighted by Crippen LogP contribution is 2.24. The van der Waals surface area contributed by atoms with Crippen molar-refractivity contribution in [3.63, 3.8) is 0 Å². The van der Waals surface area contributed by atoms with Crippen LogP contribution in [-0.2, 0) is 0 Å². The summed E-state index contributed by atoms with van der Waals surface area (Å²) in [5.41, 5.74) is 0.0607. The summed E-state index contributed by atoms with van der Waals surface area (Å²) in [6.45, 7) is 0. The Morgan fingerprint density at radius 1 is 1.29 bits per heavy atom. The molecule has 1 N–H and O–H groups in total. The highest BCUT2D eigenvalue weighted by molar-refractivity contribution is 5.91. The van der Waals surface area contributed by atoms with Crippen molar-refractivity contribution in [2.75, 3.05) is 0 Å². The lowest BCUT2D eigenvalue weighted by Gasteiger charge is -2.04. The summed E-state index contributed by atoms with van der Waals surface area (Å²) in [5.74, 6) is -1.45. The fraction of sp³-hybridized carbons (Fsp3) is 0. The average molecular weight is 284 g/mol. The number of pyridine rings is 1. The lowest BCUT2D eigenvalue weighted by Crippen LogP contribution is -2.03. The number of rotatable bonds is 3. The van der Waals surface area contributed by atoms with E-state index in [1.807, 2.05) is 6.07 Å².